The number of rotatable bonds is 3. The van der Waals surface area contributed by atoms with Gasteiger partial charge in [-0.15, -0.1) is 0 Å². The van der Waals surface area contributed by atoms with Crippen LogP contribution in [0.5, 0.6) is 0 Å². The van der Waals surface area contributed by atoms with Gasteiger partial charge in [-0.2, -0.15) is 0 Å². The first-order chi connectivity index (χ1) is 6.69. The van der Waals surface area contributed by atoms with Gasteiger partial charge in [-0.05, 0) is 12.5 Å². The summed E-state index contributed by atoms with van der Waals surface area (Å²) in [6, 6.07) is 4.19. The van der Waals surface area contributed by atoms with E-state index in [4.69, 9.17) is 0 Å². The molecule has 1 aromatic rings. The van der Waals surface area contributed by atoms with Crippen LogP contribution in [0.3, 0.4) is 0 Å². The van der Waals surface area contributed by atoms with E-state index in [1.807, 2.05) is 6.92 Å². The molecule has 1 rings (SSSR count). The zero-order valence-corrected chi connectivity index (χ0v) is 9.44. The van der Waals surface area contributed by atoms with Crippen molar-refractivity contribution in [3.8, 4) is 0 Å². The second kappa shape index (κ2) is 5.25. The highest BCUT2D eigenvalue weighted by Crippen LogP contribution is 2.17. The first-order valence-corrected chi connectivity index (χ1v) is 5.50. The lowest BCUT2D eigenvalue weighted by Gasteiger charge is -2.01. The minimum atomic E-state index is -0.802. The summed E-state index contributed by atoms with van der Waals surface area (Å²) in [5.74, 6) is -1.58. The first-order valence-electron chi connectivity index (χ1n) is 4.38. The van der Waals surface area contributed by atoms with E-state index in [0.717, 1.165) is 18.1 Å². The molecule has 0 saturated carbocycles. The summed E-state index contributed by atoms with van der Waals surface area (Å²) in [6.45, 7) is 1.98. The number of hydrogen-bond donors (Lipinski definition) is 0. The van der Waals surface area contributed by atoms with Crippen LogP contribution in [0.1, 0.15) is 18.9 Å². The van der Waals surface area contributed by atoms with E-state index in [1.165, 1.54) is 6.07 Å². The summed E-state index contributed by atoms with van der Waals surface area (Å²) in [5, 5.41) is 0.680. The molecule has 0 heterocycles. The third-order valence-electron chi connectivity index (χ3n) is 1.97. The zero-order valence-electron chi connectivity index (χ0n) is 7.86. The van der Waals surface area contributed by atoms with Gasteiger partial charge in [0.25, 0.3) is 0 Å². The molecular formula is C11H11BrF2. The van der Waals surface area contributed by atoms with Crippen molar-refractivity contribution in [2.24, 2.45) is 0 Å². The minimum Gasteiger partial charge on any atom is -0.204 e. The first kappa shape index (κ1) is 11.4. The highest BCUT2D eigenvalue weighted by molar-refractivity contribution is 9.09. The second-order valence-corrected chi connectivity index (χ2v) is 3.49. The Hall–Kier alpha value is -0.700. The third-order valence-corrected chi connectivity index (χ3v) is 2.69. The monoisotopic (exact) mass is 260 g/mol. The molecule has 76 valence electrons. The predicted molar refractivity (Wildman–Crippen MR) is 58.4 cm³/mol. The molecule has 0 bridgehead atoms. The van der Waals surface area contributed by atoms with Gasteiger partial charge < -0.3 is 0 Å². The molecule has 0 aliphatic heterocycles. The van der Waals surface area contributed by atoms with Crippen molar-refractivity contribution >= 4 is 22.0 Å². The highest BCUT2D eigenvalue weighted by Gasteiger charge is 2.05. The Morgan fingerprint density at radius 3 is 2.71 bits per heavy atom. The molecule has 0 nitrogen and oxygen atoms in total. The number of alkyl halides is 1. The molecule has 0 spiro atoms. The average molecular weight is 261 g/mol. The number of benzene rings is 1. The van der Waals surface area contributed by atoms with Crippen LogP contribution in [0.15, 0.2) is 23.8 Å². The van der Waals surface area contributed by atoms with Gasteiger partial charge in [-0.1, -0.05) is 46.6 Å². The maximum absolute atomic E-state index is 13.2. The smallest absolute Gasteiger partial charge is 0.166 e. The third kappa shape index (κ3) is 2.64. The normalized spacial score (nSPS) is 11.9. The summed E-state index contributed by atoms with van der Waals surface area (Å²) in [7, 11) is 0. The SMILES string of the molecule is CC/C(=C/c1cccc(F)c1F)CBr. The number of hydrogen-bond acceptors (Lipinski definition) is 0. The fourth-order valence-corrected chi connectivity index (χ4v) is 1.65. The van der Waals surface area contributed by atoms with Crippen molar-refractivity contribution in [1.82, 2.24) is 0 Å². The molecule has 14 heavy (non-hydrogen) atoms. The highest BCUT2D eigenvalue weighted by atomic mass is 79.9. The molecule has 0 saturated heterocycles. The molecular weight excluding hydrogens is 250 g/mol. The zero-order chi connectivity index (χ0) is 10.6. The van der Waals surface area contributed by atoms with Crippen LogP contribution >= 0.6 is 15.9 Å². The Morgan fingerprint density at radius 1 is 1.43 bits per heavy atom. The van der Waals surface area contributed by atoms with Crippen molar-refractivity contribution in [3.63, 3.8) is 0 Å². The van der Waals surface area contributed by atoms with Crippen LogP contribution in [-0.4, -0.2) is 5.33 Å². The Bertz CT molecular complexity index is 339. The molecule has 3 heteroatoms. The summed E-state index contributed by atoms with van der Waals surface area (Å²) in [6.07, 6.45) is 2.49. The molecule has 0 amide bonds. The van der Waals surface area contributed by atoms with Crippen molar-refractivity contribution in [3.05, 3.63) is 41.0 Å². The predicted octanol–water partition coefficient (Wildman–Crippen LogP) is 4.15. The summed E-state index contributed by atoms with van der Waals surface area (Å²) < 4.78 is 26.0. The quantitative estimate of drug-likeness (QED) is 0.717. The topological polar surface area (TPSA) is 0 Å². The molecule has 0 N–H and O–H groups in total. The van der Waals surface area contributed by atoms with Gasteiger partial charge >= 0.3 is 0 Å². The summed E-state index contributed by atoms with van der Waals surface area (Å²) in [4.78, 5) is 0. The molecule has 0 radical (unpaired) electrons. The van der Waals surface area contributed by atoms with Crippen molar-refractivity contribution in [2.75, 3.05) is 5.33 Å². The Kier molecular flexibility index (Phi) is 4.26. The van der Waals surface area contributed by atoms with Crippen molar-refractivity contribution in [2.45, 2.75) is 13.3 Å². The van der Waals surface area contributed by atoms with Crippen LogP contribution in [0.2, 0.25) is 0 Å². The average Bonchev–Trinajstić information content (AvgIpc) is 2.20. The molecule has 0 unspecified atom stereocenters. The summed E-state index contributed by atoms with van der Waals surface area (Å²) in [5.41, 5.74) is 1.34. The number of allylic oxidation sites excluding steroid dienone is 1. The Balaban J connectivity index is 3.07. The van der Waals surface area contributed by atoms with E-state index in [0.29, 0.717) is 10.9 Å². The van der Waals surface area contributed by atoms with Gasteiger partial charge in [-0.3, -0.25) is 0 Å². The fourth-order valence-electron chi connectivity index (χ4n) is 1.09. The fraction of sp³-hybridized carbons (Fsp3) is 0.273. The van der Waals surface area contributed by atoms with Crippen LogP contribution in [0.25, 0.3) is 6.08 Å². The molecule has 1 aromatic carbocycles. The minimum absolute atomic E-state index is 0.307. The van der Waals surface area contributed by atoms with E-state index in [2.05, 4.69) is 15.9 Å². The van der Waals surface area contributed by atoms with Gasteiger partial charge in [0.05, 0.1) is 0 Å². The van der Waals surface area contributed by atoms with Crippen LogP contribution < -0.4 is 0 Å². The van der Waals surface area contributed by atoms with Gasteiger partial charge in [0.2, 0.25) is 0 Å². The molecule has 0 atom stereocenters. The Morgan fingerprint density at radius 2 is 2.14 bits per heavy atom. The lowest BCUT2D eigenvalue weighted by atomic mass is 10.1. The van der Waals surface area contributed by atoms with E-state index >= 15 is 0 Å². The molecule has 0 aliphatic carbocycles. The maximum Gasteiger partial charge on any atom is 0.166 e. The van der Waals surface area contributed by atoms with Gasteiger partial charge in [-0.25, -0.2) is 8.78 Å². The van der Waals surface area contributed by atoms with Gasteiger partial charge in [0.15, 0.2) is 11.6 Å². The van der Waals surface area contributed by atoms with Gasteiger partial charge in [0.1, 0.15) is 0 Å². The second-order valence-electron chi connectivity index (χ2n) is 2.93. The molecule has 0 aliphatic rings. The van der Waals surface area contributed by atoms with Crippen LogP contribution in [0, 0.1) is 11.6 Å². The van der Waals surface area contributed by atoms with Crippen LogP contribution in [-0.2, 0) is 0 Å². The summed E-state index contributed by atoms with van der Waals surface area (Å²) >= 11 is 3.29. The van der Waals surface area contributed by atoms with E-state index < -0.39 is 11.6 Å². The van der Waals surface area contributed by atoms with Crippen molar-refractivity contribution < 1.29 is 8.78 Å². The standard InChI is InChI=1S/C11H11BrF2/c1-2-8(7-12)6-9-4-3-5-10(13)11(9)14/h3-6H,2,7H2,1H3/b8-6-. The molecule has 0 fully saturated rings. The van der Waals surface area contributed by atoms with E-state index in [9.17, 15) is 8.78 Å². The van der Waals surface area contributed by atoms with Crippen LogP contribution in [0.4, 0.5) is 8.78 Å². The lowest BCUT2D eigenvalue weighted by molar-refractivity contribution is 0.507. The number of halogens is 3. The molecule has 0 aromatic heterocycles. The van der Waals surface area contributed by atoms with Crippen molar-refractivity contribution in [1.29, 1.82) is 0 Å². The van der Waals surface area contributed by atoms with E-state index in [-0.39, 0.29) is 0 Å². The van der Waals surface area contributed by atoms with E-state index in [1.54, 1.807) is 12.1 Å². The van der Waals surface area contributed by atoms with Gasteiger partial charge in [0, 0.05) is 10.9 Å². The maximum atomic E-state index is 13.2. The Labute approximate surface area is 90.8 Å². The lowest BCUT2D eigenvalue weighted by Crippen LogP contribution is -1.89. The largest absolute Gasteiger partial charge is 0.204 e.